The van der Waals surface area contributed by atoms with Crippen LogP contribution in [0.25, 0.3) is 0 Å². The Morgan fingerprint density at radius 3 is 1.27 bits per heavy atom. The molecule has 2 rings (SSSR count). The van der Waals surface area contributed by atoms with Crippen LogP contribution in [0.15, 0.2) is 30.3 Å². The average Bonchev–Trinajstić information content (AvgIpc) is 2.98. The minimum atomic E-state index is -4.41. The van der Waals surface area contributed by atoms with E-state index in [2.05, 4.69) is 69.2 Å². The van der Waals surface area contributed by atoms with Gasteiger partial charge in [0, 0.05) is 14.2 Å². The van der Waals surface area contributed by atoms with E-state index in [1.807, 2.05) is 18.2 Å². The quantitative estimate of drug-likeness (QED) is 0.228. The third kappa shape index (κ3) is 3.86. The first kappa shape index (κ1) is 33.3. The lowest BCUT2D eigenvalue weighted by atomic mass is 10.1. The summed E-state index contributed by atoms with van der Waals surface area (Å²) in [5, 5.41) is -2.08. The fraction of sp³-hybridized carbons (Fsp3) is 0.786. The summed E-state index contributed by atoms with van der Waals surface area (Å²) in [4.78, 5) is 0. The summed E-state index contributed by atoms with van der Waals surface area (Å²) in [5.74, 6) is 0. The summed E-state index contributed by atoms with van der Waals surface area (Å²) in [6.07, 6.45) is -4.41. The van der Waals surface area contributed by atoms with E-state index in [0.29, 0.717) is 17.7 Å². The van der Waals surface area contributed by atoms with Gasteiger partial charge in [0.05, 0.1) is 14.7 Å². The van der Waals surface area contributed by atoms with Crippen LogP contribution >= 0.6 is 0 Å². The van der Waals surface area contributed by atoms with Gasteiger partial charge in [0.25, 0.3) is 0 Å². The van der Waals surface area contributed by atoms with Crippen molar-refractivity contribution in [3.63, 3.8) is 0 Å². The van der Waals surface area contributed by atoms with Gasteiger partial charge >= 0.3 is 6.18 Å². The van der Waals surface area contributed by atoms with Crippen LogP contribution in [0.1, 0.15) is 74.8 Å². The van der Waals surface area contributed by atoms with Crippen LogP contribution in [0.2, 0.25) is 60.4 Å². The van der Waals surface area contributed by atoms with Crippen molar-refractivity contribution in [1.29, 1.82) is 0 Å². The van der Waals surface area contributed by atoms with Crippen LogP contribution in [0, 0.1) is 0 Å². The number of hydrogen-bond acceptors (Lipinski definition) is 1. The highest BCUT2D eigenvalue weighted by molar-refractivity contribution is 7.93. The second-order valence-corrected chi connectivity index (χ2v) is 57.5. The van der Waals surface area contributed by atoms with E-state index in [4.69, 9.17) is 4.43 Å². The largest absolute Gasteiger partial charge is 0.416 e. The summed E-state index contributed by atoms with van der Waals surface area (Å²) >= 11 is 0. The average molecular weight is 605 g/mol. The maximum atomic E-state index is 16.5. The number of halogens is 3. The molecule has 0 amide bonds. The Morgan fingerprint density at radius 1 is 0.568 bits per heavy atom. The van der Waals surface area contributed by atoms with Gasteiger partial charge in [0.2, 0.25) is 0 Å². The first-order valence-corrected chi connectivity index (χ1v) is 31.2. The van der Waals surface area contributed by atoms with Gasteiger partial charge in [-0.15, -0.1) is 0 Å². The molecule has 1 heterocycles. The van der Waals surface area contributed by atoms with Crippen molar-refractivity contribution in [3.8, 4) is 0 Å². The lowest BCUT2D eigenvalue weighted by molar-refractivity contribution is -0.226. The van der Waals surface area contributed by atoms with Crippen molar-refractivity contribution in [1.82, 2.24) is 0 Å². The molecule has 1 aliphatic heterocycles. The van der Waals surface area contributed by atoms with Crippen molar-refractivity contribution in [2.75, 3.05) is 0 Å². The fourth-order valence-corrected chi connectivity index (χ4v) is 152. The highest BCUT2D eigenvalue weighted by Crippen LogP contribution is 2.65. The van der Waals surface area contributed by atoms with Gasteiger partial charge in [0.1, 0.15) is 0 Å². The maximum Gasteiger partial charge on any atom is 0.416 e. The zero-order chi connectivity index (χ0) is 28.4. The summed E-state index contributed by atoms with van der Waals surface area (Å²) in [7, 11) is -12.6. The molecule has 1 nitrogen and oxygen atoms in total. The van der Waals surface area contributed by atoms with Gasteiger partial charge in [-0.25, -0.2) is 0 Å². The molecule has 1 fully saturated rings. The molecule has 1 saturated heterocycles. The number of alkyl halides is 3. The molecule has 0 N–H and O–H groups in total. The molecule has 1 atom stereocenters. The second kappa shape index (κ2) is 11.9. The SMILES string of the molecule is CC[Si]1(CC)OC(c2ccccc2)(C(F)(F)F)[Si](CC)(CC)[Si](CC)(CC)[Si](CC)(CC)[Si]1(CC)CC. The Morgan fingerprint density at radius 2 is 0.973 bits per heavy atom. The summed E-state index contributed by atoms with van der Waals surface area (Å²) in [6.45, 7) is 23.0. The van der Waals surface area contributed by atoms with E-state index < -0.39 is 48.2 Å². The minimum absolute atomic E-state index is 0.447. The van der Waals surface area contributed by atoms with Crippen LogP contribution in [0.3, 0.4) is 0 Å². The molecule has 0 saturated carbocycles. The van der Waals surface area contributed by atoms with Gasteiger partial charge in [-0.1, -0.05) is 148 Å². The predicted molar refractivity (Wildman–Crippen MR) is 169 cm³/mol. The van der Waals surface area contributed by atoms with Gasteiger partial charge in [-0.3, -0.25) is 0 Å². The van der Waals surface area contributed by atoms with E-state index in [1.54, 1.807) is 12.1 Å². The van der Waals surface area contributed by atoms with Gasteiger partial charge < -0.3 is 4.43 Å². The van der Waals surface area contributed by atoms with Crippen molar-refractivity contribution >= 4 is 36.8 Å². The smallest absolute Gasteiger partial charge is 0.405 e. The van der Waals surface area contributed by atoms with E-state index >= 15 is 13.2 Å². The van der Waals surface area contributed by atoms with E-state index in [-0.39, 0.29) is 0 Å². The zero-order valence-corrected chi connectivity index (χ0v) is 30.5. The standard InChI is InChI=1S/C28H55F3OSi5/c1-11-33(12-2)27(28(29,30)31,26-24-22-21-23-25-26)32-34(13-3,14-4)36(17-7,18-8)37(19-9,20-10)35(33,15-5)16-6/h21-25H,11-20H2,1-10H3. The molecule has 1 aromatic rings. The minimum Gasteiger partial charge on any atom is -0.405 e. The summed E-state index contributed by atoms with van der Waals surface area (Å²) in [5.41, 5.74) is 0.447. The lowest BCUT2D eigenvalue weighted by Gasteiger charge is -2.65. The van der Waals surface area contributed by atoms with Crippen LogP contribution in [0.4, 0.5) is 13.2 Å². The highest BCUT2D eigenvalue weighted by Gasteiger charge is 2.85. The van der Waals surface area contributed by atoms with Crippen LogP contribution < -0.4 is 0 Å². The topological polar surface area (TPSA) is 9.23 Å². The molecule has 0 radical (unpaired) electrons. The molecule has 0 aliphatic carbocycles. The zero-order valence-electron chi connectivity index (χ0n) is 25.5. The molecular weight excluding hydrogens is 550 g/mol. The Labute approximate surface area is 230 Å². The Bertz CT molecular complexity index is 858. The molecular formula is C28H55F3OSi5. The molecule has 1 unspecified atom stereocenters. The molecule has 1 aliphatic rings. The second-order valence-electron chi connectivity index (χ2n) is 11.5. The monoisotopic (exact) mass is 604 g/mol. The van der Waals surface area contributed by atoms with Crippen LogP contribution in [-0.4, -0.2) is 42.9 Å². The maximum absolute atomic E-state index is 16.5. The molecule has 37 heavy (non-hydrogen) atoms. The van der Waals surface area contributed by atoms with Crippen molar-refractivity contribution < 1.29 is 17.6 Å². The first-order valence-electron chi connectivity index (χ1n) is 15.2. The Kier molecular flexibility index (Phi) is 10.7. The van der Waals surface area contributed by atoms with Gasteiger partial charge in [-0.05, 0) is 17.7 Å². The first-order chi connectivity index (χ1) is 17.4. The molecule has 0 aromatic heterocycles. The van der Waals surface area contributed by atoms with E-state index in [0.717, 1.165) is 36.3 Å². The van der Waals surface area contributed by atoms with Crippen molar-refractivity contribution in [2.24, 2.45) is 0 Å². The molecule has 0 bridgehead atoms. The molecule has 0 spiro atoms. The third-order valence-electron chi connectivity index (χ3n) is 12.2. The Balaban J connectivity index is 3.50. The summed E-state index contributed by atoms with van der Waals surface area (Å²) < 4.78 is 57.0. The van der Waals surface area contributed by atoms with Crippen LogP contribution in [-0.2, 0) is 9.65 Å². The third-order valence-corrected chi connectivity index (χ3v) is 104. The van der Waals surface area contributed by atoms with Gasteiger partial charge in [0.15, 0.2) is 13.1 Å². The molecule has 214 valence electrons. The lowest BCUT2D eigenvalue weighted by Crippen LogP contribution is -2.90. The van der Waals surface area contributed by atoms with Gasteiger partial charge in [-0.2, -0.15) is 13.2 Å². The molecule has 9 heteroatoms. The van der Waals surface area contributed by atoms with E-state index in [9.17, 15) is 0 Å². The van der Waals surface area contributed by atoms with Crippen molar-refractivity contribution in [2.45, 2.75) is 141 Å². The number of hydrogen-bond donors (Lipinski definition) is 0. The van der Waals surface area contributed by atoms with Crippen LogP contribution in [0.5, 0.6) is 0 Å². The predicted octanol–water partition coefficient (Wildman–Crippen LogP) is 10.3. The Hall–Kier alpha value is 0.0544. The fourth-order valence-electron chi connectivity index (χ4n) is 11.0. The van der Waals surface area contributed by atoms with Crippen molar-refractivity contribution in [3.05, 3.63) is 35.9 Å². The summed E-state index contributed by atoms with van der Waals surface area (Å²) in [6, 6.07) is 18.8. The number of benzene rings is 1. The number of rotatable bonds is 11. The highest BCUT2D eigenvalue weighted by atomic mass is 29.9. The van der Waals surface area contributed by atoms with E-state index in [1.165, 1.54) is 12.1 Å². The molecule has 1 aromatic carbocycles. The normalized spacial score (nSPS) is 26.0.